The van der Waals surface area contributed by atoms with Gasteiger partial charge in [-0.25, -0.2) is 0 Å². The average Bonchev–Trinajstić information content (AvgIpc) is 3.30. The van der Waals surface area contributed by atoms with E-state index in [9.17, 15) is 14.4 Å². The maximum absolute atomic E-state index is 13.7. The van der Waals surface area contributed by atoms with Gasteiger partial charge in [-0.05, 0) is 47.4 Å². The Kier molecular flexibility index (Phi) is 5.48. The molecule has 0 aliphatic carbocycles. The van der Waals surface area contributed by atoms with Crippen molar-refractivity contribution in [1.29, 1.82) is 0 Å². The summed E-state index contributed by atoms with van der Waals surface area (Å²) in [4.78, 5) is 43.6. The zero-order valence-corrected chi connectivity index (χ0v) is 19.9. The average molecular weight is 481 g/mol. The molecule has 2 aliphatic rings. The first-order valence-corrected chi connectivity index (χ1v) is 12.4. The minimum absolute atomic E-state index is 0.0784. The van der Waals surface area contributed by atoms with Gasteiger partial charge in [-0.1, -0.05) is 48.5 Å². The number of hydrogen-bond donors (Lipinski definition) is 3. The van der Waals surface area contributed by atoms with Gasteiger partial charge in [0.1, 0.15) is 6.04 Å². The first-order chi connectivity index (χ1) is 17.5. The lowest BCUT2D eigenvalue weighted by Crippen LogP contribution is -2.66. The van der Waals surface area contributed by atoms with Crippen LogP contribution in [0, 0.1) is 0 Å². The minimum Gasteiger partial charge on any atom is -0.361 e. The molecule has 2 fully saturated rings. The summed E-state index contributed by atoms with van der Waals surface area (Å²) in [5.41, 5.74) is 2.36. The van der Waals surface area contributed by atoms with E-state index in [-0.39, 0.29) is 23.3 Å². The number of aromatic amines is 1. The number of piperidine rings is 1. The van der Waals surface area contributed by atoms with Crippen molar-refractivity contribution < 1.29 is 14.4 Å². The highest BCUT2D eigenvalue weighted by Gasteiger charge is 2.46. The highest BCUT2D eigenvalue weighted by Crippen LogP contribution is 2.32. The third kappa shape index (κ3) is 4.11. The smallest absolute Gasteiger partial charge is 0.251 e. The molecule has 1 aromatic heterocycles. The molecule has 36 heavy (non-hydrogen) atoms. The third-order valence-corrected chi connectivity index (χ3v) is 7.65. The molecule has 0 radical (unpaired) electrons. The number of benzene rings is 3. The van der Waals surface area contributed by atoms with Crippen LogP contribution in [0.5, 0.6) is 0 Å². The van der Waals surface area contributed by atoms with Crippen molar-refractivity contribution in [3.63, 3.8) is 0 Å². The van der Waals surface area contributed by atoms with Gasteiger partial charge in [-0.2, -0.15) is 0 Å². The van der Waals surface area contributed by atoms with Gasteiger partial charge in [0.2, 0.25) is 11.8 Å². The number of H-pyrrole nitrogens is 1. The van der Waals surface area contributed by atoms with E-state index < -0.39 is 6.04 Å². The number of amides is 3. The second kappa shape index (κ2) is 8.82. The molecule has 182 valence electrons. The molecule has 3 N–H and O–H groups in total. The molecule has 3 heterocycles. The highest BCUT2D eigenvalue weighted by atomic mass is 16.2. The van der Waals surface area contributed by atoms with E-state index in [2.05, 4.69) is 15.6 Å². The quantitative estimate of drug-likeness (QED) is 0.382. The van der Waals surface area contributed by atoms with E-state index in [0.29, 0.717) is 31.5 Å². The molecule has 0 bridgehead atoms. The van der Waals surface area contributed by atoms with E-state index in [4.69, 9.17) is 0 Å². The predicted octanol–water partition coefficient (Wildman–Crippen LogP) is 3.54. The Hall–Kier alpha value is -4.13. The summed E-state index contributed by atoms with van der Waals surface area (Å²) >= 11 is 0. The van der Waals surface area contributed by atoms with Crippen LogP contribution in [0.3, 0.4) is 0 Å². The van der Waals surface area contributed by atoms with Crippen molar-refractivity contribution in [2.45, 2.75) is 37.3 Å². The normalized spacial score (nSPS) is 17.6. The number of aromatic nitrogens is 1. The predicted molar refractivity (Wildman–Crippen MR) is 139 cm³/mol. The lowest BCUT2D eigenvalue weighted by Gasteiger charge is -2.48. The van der Waals surface area contributed by atoms with E-state index in [0.717, 1.165) is 40.1 Å². The zero-order valence-electron chi connectivity index (χ0n) is 19.9. The number of nitrogens with one attached hydrogen (secondary N) is 3. The van der Waals surface area contributed by atoms with Gasteiger partial charge >= 0.3 is 0 Å². The fourth-order valence-corrected chi connectivity index (χ4v) is 5.55. The molecule has 0 saturated carbocycles. The molecule has 1 unspecified atom stereocenters. The second-order valence-corrected chi connectivity index (χ2v) is 9.98. The number of hydrogen-bond acceptors (Lipinski definition) is 3. The lowest BCUT2D eigenvalue weighted by molar-refractivity contribution is -0.139. The third-order valence-electron chi connectivity index (χ3n) is 7.65. The van der Waals surface area contributed by atoms with Crippen molar-refractivity contribution in [2.24, 2.45) is 0 Å². The summed E-state index contributed by atoms with van der Waals surface area (Å²) in [6, 6.07) is 20.8. The number of carbonyl (C=O) groups excluding carboxylic acids is 3. The number of carbonyl (C=O) groups is 3. The van der Waals surface area contributed by atoms with Crippen LogP contribution in [0.15, 0.2) is 72.9 Å². The molecular weight excluding hydrogens is 452 g/mol. The fraction of sp³-hybridized carbons (Fsp3) is 0.276. The number of para-hydroxylation sites is 1. The Labute approximate surface area is 208 Å². The highest BCUT2D eigenvalue weighted by molar-refractivity contribution is 6.01. The van der Waals surface area contributed by atoms with Crippen molar-refractivity contribution in [3.05, 3.63) is 84.1 Å². The van der Waals surface area contributed by atoms with Crippen LogP contribution in [0.1, 0.15) is 35.2 Å². The van der Waals surface area contributed by atoms with E-state index in [1.165, 1.54) is 0 Å². The summed E-state index contributed by atoms with van der Waals surface area (Å²) in [5, 5.41) is 9.15. The molecule has 2 saturated heterocycles. The Morgan fingerprint density at radius 1 is 0.972 bits per heavy atom. The standard InChI is InChI=1S/C29H28N4O3/c34-26-17-29(32-26)11-13-33(14-12-29)28(36)25(16-22-18-30-24-8-4-3-7-23(22)24)31-27(35)21-10-9-19-5-1-2-6-20(19)15-21/h1-10,15,18,25,30H,11-14,16-17H2,(H,31,35)(H,32,34). The van der Waals surface area contributed by atoms with E-state index in [1.54, 1.807) is 6.07 Å². The van der Waals surface area contributed by atoms with Gasteiger partial charge < -0.3 is 20.5 Å². The molecule has 1 spiro atoms. The van der Waals surface area contributed by atoms with Gasteiger partial charge in [-0.15, -0.1) is 0 Å². The maximum Gasteiger partial charge on any atom is 0.251 e. The largest absolute Gasteiger partial charge is 0.361 e. The maximum atomic E-state index is 13.7. The Bertz CT molecular complexity index is 1470. The van der Waals surface area contributed by atoms with Crippen LogP contribution in [0.25, 0.3) is 21.7 Å². The van der Waals surface area contributed by atoms with Crippen LogP contribution in [0.4, 0.5) is 0 Å². The fourth-order valence-electron chi connectivity index (χ4n) is 5.55. The number of fused-ring (bicyclic) bond motifs is 2. The molecule has 3 aromatic carbocycles. The number of nitrogens with zero attached hydrogens (tertiary/aromatic N) is 1. The molecule has 7 heteroatoms. The van der Waals surface area contributed by atoms with Crippen LogP contribution in [0.2, 0.25) is 0 Å². The molecular formula is C29H28N4O3. The minimum atomic E-state index is -0.701. The Morgan fingerprint density at radius 2 is 1.69 bits per heavy atom. The first kappa shape index (κ1) is 22.3. The second-order valence-electron chi connectivity index (χ2n) is 9.98. The Balaban J connectivity index is 1.25. The first-order valence-electron chi connectivity index (χ1n) is 12.4. The molecule has 4 aromatic rings. The lowest BCUT2D eigenvalue weighted by atomic mass is 9.78. The summed E-state index contributed by atoms with van der Waals surface area (Å²) in [7, 11) is 0. The monoisotopic (exact) mass is 480 g/mol. The summed E-state index contributed by atoms with van der Waals surface area (Å²) in [6.07, 6.45) is 4.32. The molecule has 6 rings (SSSR count). The molecule has 2 aliphatic heterocycles. The summed E-state index contributed by atoms with van der Waals surface area (Å²) < 4.78 is 0. The van der Waals surface area contributed by atoms with Gasteiger partial charge in [-0.3, -0.25) is 14.4 Å². The van der Waals surface area contributed by atoms with Crippen LogP contribution >= 0.6 is 0 Å². The topological polar surface area (TPSA) is 94.3 Å². The van der Waals surface area contributed by atoms with Crippen LogP contribution < -0.4 is 10.6 Å². The molecule has 1 atom stereocenters. The van der Waals surface area contributed by atoms with Gasteiger partial charge in [0, 0.05) is 48.6 Å². The van der Waals surface area contributed by atoms with Crippen molar-refractivity contribution >= 4 is 39.4 Å². The van der Waals surface area contributed by atoms with Crippen LogP contribution in [-0.2, 0) is 16.0 Å². The SMILES string of the molecule is O=C1CC2(CCN(C(=O)C(Cc3c[nH]c4ccccc34)NC(=O)c3ccc4ccccc4c3)CC2)N1. The van der Waals surface area contributed by atoms with E-state index >= 15 is 0 Å². The van der Waals surface area contributed by atoms with Crippen LogP contribution in [-0.4, -0.2) is 52.3 Å². The number of likely N-dealkylation sites (tertiary alicyclic amines) is 1. The number of rotatable bonds is 5. The zero-order chi connectivity index (χ0) is 24.7. The van der Waals surface area contributed by atoms with Crippen molar-refractivity contribution in [3.8, 4) is 0 Å². The molecule has 7 nitrogen and oxygen atoms in total. The van der Waals surface area contributed by atoms with Gasteiger partial charge in [0.25, 0.3) is 5.91 Å². The van der Waals surface area contributed by atoms with Crippen molar-refractivity contribution in [1.82, 2.24) is 20.5 Å². The number of β-lactam (4-membered cyclic amide) rings is 1. The van der Waals surface area contributed by atoms with Gasteiger partial charge in [0.15, 0.2) is 0 Å². The Morgan fingerprint density at radius 3 is 2.47 bits per heavy atom. The van der Waals surface area contributed by atoms with Gasteiger partial charge in [0.05, 0.1) is 5.54 Å². The summed E-state index contributed by atoms with van der Waals surface area (Å²) in [5.74, 6) is -0.275. The van der Waals surface area contributed by atoms with E-state index in [1.807, 2.05) is 71.8 Å². The van der Waals surface area contributed by atoms with Crippen molar-refractivity contribution in [2.75, 3.05) is 13.1 Å². The summed E-state index contributed by atoms with van der Waals surface area (Å²) in [6.45, 7) is 1.13. The molecule has 3 amide bonds.